The molecule has 4 nitrogen and oxygen atoms in total. The Morgan fingerprint density at radius 1 is 1.10 bits per heavy atom. The molecule has 0 unspecified atom stereocenters. The summed E-state index contributed by atoms with van der Waals surface area (Å²) in [5.74, 6) is -0.119. The zero-order valence-electron chi connectivity index (χ0n) is 11.3. The molecule has 0 saturated carbocycles. The van der Waals surface area contributed by atoms with E-state index in [0.29, 0.717) is 22.8 Å². The van der Waals surface area contributed by atoms with E-state index in [1.807, 2.05) is 12.1 Å². The number of carbonyl (C=O) groups excluding carboxylic acids is 1. The van der Waals surface area contributed by atoms with Gasteiger partial charge in [-0.1, -0.05) is 23.7 Å². The fourth-order valence-corrected chi connectivity index (χ4v) is 1.88. The van der Waals surface area contributed by atoms with Gasteiger partial charge >= 0.3 is 0 Å². The van der Waals surface area contributed by atoms with E-state index in [4.69, 9.17) is 16.9 Å². The lowest BCUT2D eigenvalue weighted by Crippen LogP contribution is -2.27. The molecule has 0 aliphatic rings. The molecule has 0 bridgehead atoms. The number of halogens is 1. The Bertz CT molecular complexity index is 645. The summed E-state index contributed by atoms with van der Waals surface area (Å²) in [6.45, 7) is 0.780. The summed E-state index contributed by atoms with van der Waals surface area (Å²) >= 11 is 5.78. The van der Waals surface area contributed by atoms with Crippen LogP contribution in [0.3, 0.4) is 0 Å². The van der Waals surface area contributed by atoms with Gasteiger partial charge in [-0.3, -0.25) is 4.79 Å². The average molecular weight is 300 g/mol. The summed E-state index contributed by atoms with van der Waals surface area (Å²) in [5, 5.41) is 15.2. The predicted molar refractivity (Wildman–Crippen MR) is 82.9 cm³/mol. The first-order valence-electron chi connectivity index (χ1n) is 6.42. The van der Waals surface area contributed by atoms with Crippen LogP contribution in [0.15, 0.2) is 48.5 Å². The number of anilines is 1. The monoisotopic (exact) mass is 299 g/mol. The second-order valence-electron chi connectivity index (χ2n) is 4.47. The van der Waals surface area contributed by atoms with Crippen molar-refractivity contribution in [3.05, 3.63) is 64.7 Å². The Morgan fingerprint density at radius 2 is 1.76 bits per heavy atom. The van der Waals surface area contributed by atoms with E-state index >= 15 is 0 Å². The summed E-state index contributed by atoms with van der Waals surface area (Å²) in [6, 6.07) is 16.3. The van der Waals surface area contributed by atoms with E-state index in [9.17, 15) is 4.79 Å². The Labute approximate surface area is 128 Å². The molecular formula is C16H14ClN3O. The largest absolute Gasteiger partial charge is 0.325 e. The average Bonchev–Trinajstić information content (AvgIpc) is 2.50. The molecule has 0 heterocycles. The quantitative estimate of drug-likeness (QED) is 0.892. The van der Waals surface area contributed by atoms with Gasteiger partial charge in [0, 0.05) is 17.3 Å². The lowest BCUT2D eigenvalue weighted by molar-refractivity contribution is -0.115. The number of hydrogen-bond acceptors (Lipinski definition) is 3. The highest BCUT2D eigenvalue weighted by molar-refractivity contribution is 6.30. The zero-order chi connectivity index (χ0) is 15.1. The fourth-order valence-electron chi connectivity index (χ4n) is 1.76. The van der Waals surface area contributed by atoms with Crippen LogP contribution >= 0.6 is 11.6 Å². The SMILES string of the molecule is N#Cc1ccc(CNCC(=O)Nc2ccc(Cl)cc2)cc1. The molecular weight excluding hydrogens is 286 g/mol. The summed E-state index contributed by atoms with van der Waals surface area (Å²) in [4.78, 5) is 11.7. The maximum Gasteiger partial charge on any atom is 0.238 e. The summed E-state index contributed by atoms with van der Waals surface area (Å²) in [7, 11) is 0. The van der Waals surface area contributed by atoms with Crippen molar-refractivity contribution in [2.75, 3.05) is 11.9 Å². The lowest BCUT2D eigenvalue weighted by atomic mass is 10.1. The third kappa shape index (κ3) is 4.92. The zero-order valence-corrected chi connectivity index (χ0v) is 12.0. The van der Waals surface area contributed by atoms with Gasteiger partial charge in [0.05, 0.1) is 18.2 Å². The minimum atomic E-state index is -0.119. The number of nitrogens with zero attached hydrogens (tertiary/aromatic N) is 1. The molecule has 5 heteroatoms. The second-order valence-corrected chi connectivity index (χ2v) is 4.90. The molecule has 2 aromatic carbocycles. The van der Waals surface area contributed by atoms with E-state index in [-0.39, 0.29) is 12.5 Å². The van der Waals surface area contributed by atoms with Gasteiger partial charge in [0.25, 0.3) is 0 Å². The molecule has 0 saturated heterocycles. The summed E-state index contributed by atoms with van der Waals surface area (Å²) in [6.07, 6.45) is 0. The molecule has 0 aromatic heterocycles. The Kier molecular flexibility index (Phi) is 5.33. The molecule has 2 rings (SSSR count). The van der Waals surface area contributed by atoms with Crippen LogP contribution in [0.25, 0.3) is 0 Å². The van der Waals surface area contributed by atoms with Crippen LogP contribution in [0.2, 0.25) is 5.02 Å². The van der Waals surface area contributed by atoms with Crippen molar-refractivity contribution < 1.29 is 4.79 Å². The Balaban J connectivity index is 1.76. The normalized spacial score (nSPS) is 9.90. The molecule has 0 fully saturated rings. The maximum absolute atomic E-state index is 11.7. The van der Waals surface area contributed by atoms with Crippen molar-refractivity contribution in [2.24, 2.45) is 0 Å². The minimum Gasteiger partial charge on any atom is -0.325 e. The highest BCUT2D eigenvalue weighted by atomic mass is 35.5. The molecule has 0 atom stereocenters. The first-order valence-corrected chi connectivity index (χ1v) is 6.80. The van der Waals surface area contributed by atoms with E-state index in [2.05, 4.69) is 16.7 Å². The first-order chi connectivity index (χ1) is 10.2. The van der Waals surface area contributed by atoms with Crippen LogP contribution in [0.1, 0.15) is 11.1 Å². The minimum absolute atomic E-state index is 0.119. The van der Waals surface area contributed by atoms with Gasteiger partial charge in [-0.05, 0) is 42.0 Å². The van der Waals surface area contributed by atoms with E-state index < -0.39 is 0 Å². The molecule has 2 aromatic rings. The smallest absolute Gasteiger partial charge is 0.238 e. The molecule has 0 aliphatic carbocycles. The van der Waals surface area contributed by atoms with Crippen molar-refractivity contribution in [2.45, 2.75) is 6.54 Å². The van der Waals surface area contributed by atoms with Gasteiger partial charge in [0.2, 0.25) is 5.91 Å². The van der Waals surface area contributed by atoms with E-state index in [1.165, 1.54) is 0 Å². The molecule has 0 aliphatic heterocycles. The van der Waals surface area contributed by atoms with Gasteiger partial charge in [-0.15, -0.1) is 0 Å². The van der Waals surface area contributed by atoms with Crippen LogP contribution in [0.5, 0.6) is 0 Å². The molecule has 0 spiro atoms. The van der Waals surface area contributed by atoms with Crippen molar-refractivity contribution in [1.29, 1.82) is 5.26 Å². The van der Waals surface area contributed by atoms with Crippen LogP contribution in [0, 0.1) is 11.3 Å². The topological polar surface area (TPSA) is 64.9 Å². The number of nitriles is 1. The number of benzene rings is 2. The standard InChI is InChI=1S/C16H14ClN3O/c17-14-5-7-15(8-6-14)20-16(21)11-19-10-13-3-1-12(9-18)2-4-13/h1-8,19H,10-11H2,(H,20,21). The van der Waals surface area contributed by atoms with Gasteiger partial charge < -0.3 is 10.6 Å². The van der Waals surface area contributed by atoms with Crippen molar-refractivity contribution in [3.63, 3.8) is 0 Å². The molecule has 1 amide bonds. The lowest BCUT2D eigenvalue weighted by Gasteiger charge is -2.07. The number of rotatable bonds is 5. The number of carbonyl (C=O) groups is 1. The van der Waals surface area contributed by atoms with Crippen molar-refractivity contribution >= 4 is 23.2 Å². The van der Waals surface area contributed by atoms with Gasteiger partial charge in [-0.2, -0.15) is 5.26 Å². The predicted octanol–water partition coefficient (Wildman–Crippen LogP) is 2.94. The molecule has 0 radical (unpaired) electrons. The van der Waals surface area contributed by atoms with Crippen LogP contribution < -0.4 is 10.6 Å². The fraction of sp³-hybridized carbons (Fsp3) is 0.125. The third-order valence-corrected chi connectivity index (χ3v) is 3.08. The van der Waals surface area contributed by atoms with Gasteiger partial charge in [0.15, 0.2) is 0 Å². The highest BCUT2D eigenvalue weighted by Crippen LogP contribution is 2.13. The molecule has 106 valence electrons. The first kappa shape index (κ1) is 15.0. The number of amides is 1. The number of nitrogens with one attached hydrogen (secondary N) is 2. The van der Waals surface area contributed by atoms with Crippen molar-refractivity contribution in [1.82, 2.24) is 5.32 Å². The van der Waals surface area contributed by atoms with Gasteiger partial charge in [0.1, 0.15) is 0 Å². The van der Waals surface area contributed by atoms with Crippen LogP contribution in [-0.4, -0.2) is 12.5 Å². The highest BCUT2D eigenvalue weighted by Gasteiger charge is 2.02. The number of hydrogen-bond donors (Lipinski definition) is 2. The molecule has 2 N–H and O–H groups in total. The maximum atomic E-state index is 11.7. The third-order valence-electron chi connectivity index (χ3n) is 2.83. The summed E-state index contributed by atoms with van der Waals surface area (Å²) < 4.78 is 0. The van der Waals surface area contributed by atoms with E-state index in [1.54, 1.807) is 36.4 Å². The molecule has 21 heavy (non-hydrogen) atoms. The summed E-state index contributed by atoms with van der Waals surface area (Å²) in [5.41, 5.74) is 2.36. The van der Waals surface area contributed by atoms with Crippen LogP contribution in [0.4, 0.5) is 5.69 Å². The second kappa shape index (κ2) is 7.44. The van der Waals surface area contributed by atoms with E-state index in [0.717, 1.165) is 5.56 Å². The van der Waals surface area contributed by atoms with Crippen molar-refractivity contribution in [3.8, 4) is 6.07 Å². The Morgan fingerprint density at radius 3 is 2.38 bits per heavy atom. The van der Waals surface area contributed by atoms with Crippen LogP contribution in [-0.2, 0) is 11.3 Å². The Hall–Kier alpha value is -2.35. The van der Waals surface area contributed by atoms with Gasteiger partial charge in [-0.25, -0.2) is 0 Å².